The summed E-state index contributed by atoms with van der Waals surface area (Å²) in [6.07, 6.45) is 3.35. The molecule has 0 saturated heterocycles. The Bertz CT molecular complexity index is 430. The quantitative estimate of drug-likeness (QED) is 0.447. The molecule has 0 saturated carbocycles. The van der Waals surface area contributed by atoms with Gasteiger partial charge in [0.2, 0.25) is 6.20 Å². The van der Waals surface area contributed by atoms with E-state index in [1.165, 1.54) is 0 Å². The van der Waals surface area contributed by atoms with Crippen LogP contribution in [0.1, 0.15) is 0 Å². The average Bonchev–Trinajstić information content (AvgIpc) is 2.07. The third-order valence-corrected chi connectivity index (χ3v) is 2.18. The van der Waals surface area contributed by atoms with Crippen LogP contribution >= 0.6 is 22.6 Å². The lowest BCUT2D eigenvalue weighted by atomic mass is 10.3. The summed E-state index contributed by atoms with van der Waals surface area (Å²) in [5.74, 6) is 0. The van der Waals surface area contributed by atoms with Crippen LogP contribution in [0.3, 0.4) is 0 Å². The largest absolute Gasteiger partial charge is 0.284 e. The van der Waals surface area contributed by atoms with Gasteiger partial charge in [-0.25, -0.2) is 4.98 Å². The molecule has 3 nitrogen and oxygen atoms in total. The molecule has 0 radical (unpaired) electrons. The maximum Gasteiger partial charge on any atom is 0.283 e. The van der Waals surface area contributed by atoms with E-state index in [-0.39, 0.29) is 0 Å². The molecule has 12 heavy (non-hydrogen) atoms. The minimum atomic E-state index is 0.726. The zero-order chi connectivity index (χ0) is 8.55. The van der Waals surface area contributed by atoms with Gasteiger partial charge in [-0.05, 0) is 28.7 Å². The van der Waals surface area contributed by atoms with Crippen molar-refractivity contribution in [2.45, 2.75) is 0 Å². The molecule has 0 atom stereocenters. The highest BCUT2D eigenvalue weighted by atomic mass is 127. The van der Waals surface area contributed by atoms with Crippen molar-refractivity contribution in [1.82, 2.24) is 4.98 Å². The summed E-state index contributed by atoms with van der Waals surface area (Å²) in [6, 6.07) is 5.49. The van der Waals surface area contributed by atoms with E-state index in [1.54, 1.807) is 18.5 Å². The van der Waals surface area contributed by atoms with E-state index in [0.29, 0.717) is 0 Å². The van der Waals surface area contributed by atoms with E-state index in [1.807, 2.05) is 12.1 Å². The van der Waals surface area contributed by atoms with Gasteiger partial charge in [0.05, 0.1) is 0 Å². The summed E-state index contributed by atoms with van der Waals surface area (Å²) >= 11 is 2.16. The number of nitrogens with zero attached hydrogens (tertiary/aromatic N) is 2. The van der Waals surface area contributed by atoms with Crippen LogP contribution in [0.15, 0.2) is 30.6 Å². The Morgan fingerprint density at radius 1 is 1.50 bits per heavy atom. The Morgan fingerprint density at radius 2 is 2.33 bits per heavy atom. The SMILES string of the molecule is O[n+]1cccc2ncc(I)cc21. The average molecular weight is 273 g/mol. The van der Waals surface area contributed by atoms with Gasteiger partial charge in [0.25, 0.3) is 5.52 Å². The first-order chi connectivity index (χ1) is 5.77. The lowest BCUT2D eigenvalue weighted by molar-refractivity contribution is -0.884. The highest BCUT2D eigenvalue weighted by molar-refractivity contribution is 14.1. The van der Waals surface area contributed by atoms with Gasteiger partial charge in [0, 0.05) is 26.6 Å². The smallest absolute Gasteiger partial charge is 0.283 e. The fourth-order valence-electron chi connectivity index (χ4n) is 1.05. The molecule has 2 heterocycles. The van der Waals surface area contributed by atoms with Crippen molar-refractivity contribution >= 4 is 33.6 Å². The van der Waals surface area contributed by atoms with E-state index in [9.17, 15) is 5.21 Å². The minimum absolute atomic E-state index is 0.726. The first kappa shape index (κ1) is 7.72. The predicted octanol–water partition coefficient (Wildman–Crippen LogP) is 1.36. The van der Waals surface area contributed by atoms with E-state index >= 15 is 0 Å². The summed E-state index contributed by atoms with van der Waals surface area (Å²) in [6.45, 7) is 0. The summed E-state index contributed by atoms with van der Waals surface area (Å²) in [5.41, 5.74) is 1.52. The maximum absolute atomic E-state index is 9.37. The van der Waals surface area contributed by atoms with E-state index in [2.05, 4.69) is 27.6 Å². The molecule has 0 fully saturated rings. The van der Waals surface area contributed by atoms with Crippen LogP contribution in [-0.2, 0) is 0 Å². The lowest BCUT2D eigenvalue weighted by Gasteiger charge is -1.92. The first-order valence-corrected chi connectivity index (χ1v) is 4.50. The zero-order valence-corrected chi connectivity index (χ0v) is 8.26. The van der Waals surface area contributed by atoms with Crippen LogP contribution in [0.25, 0.3) is 11.0 Å². The van der Waals surface area contributed by atoms with Crippen molar-refractivity contribution in [3.8, 4) is 0 Å². The molecule has 2 aromatic rings. The van der Waals surface area contributed by atoms with Gasteiger partial charge in [0.15, 0.2) is 0 Å². The van der Waals surface area contributed by atoms with Crippen molar-refractivity contribution in [2.24, 2.45) is 0 Å². The van der Waals surface area contributed by atoms with Crippen molar-refractivity contribution < 1.29 is 9.94 Å². The van der Waals surface area contributed by atoms with Gasteiger partial charge in [0.1, 0.15) is 5.52 Å². The van der Waals surface area contributed by atoms with Crippen molar-refractivity contribution in [2.75, 3.05) is 0 Å². The number of aromatic nitrogens is 2. The molecular weight excluding hydrogens is 267 g/mol. The number of hydrogen-bond acceptors (Lipinski definition) is 2. The number of hydrogen-bond donors (Lipinski definition) is 1. The summed E-state index contributed by atoms with van der Waals surface area (Å²) < 4.78 is 2.08. The second kappa shape index (κ2) is 2.85. The Labute approximate surface area is 82.8 Å². The van der Waals surface area contributed by atoms with E-state index in [4.69, 9.17) is 0 Å². The third kappa shape index (κ3) is 1.22. The topological polar surface area (TPSA) is 37.0 Å². The van der Waals surface area contributed by atoms with Crippen LogP contribution in [0.2, 0.25) is 0 Å². The van der Waals surface area contributed by atoms with Gasteiger partial charge in [-0.3, -0.25) is 5.21 Å². The molecule has 0 aliphatic carbocycles. The fraction of sp³-hybridized carbons (Fsp3) is 0. The molecular formula is C8H6IN2O+. The molecule has 1 N–H and O–H groups in total. The van der Waals surface area contributed by atoms with Crippen LogP contribution in [0.4, 0.5) is 0 Å². The molecule has 0 aliphatic rings. The second-order valence-corrected chi connectivity index (χ2v) is 3.66. The molecule has 4 heteroatoms. The number of fused-ring (bicyclic) bond motifs is 1. The van der Waals surface area contributed by atoms with Crippen molar-refractivity contribution in [3.05, 3.63) is 34.2 Å². The highest BCUT2D eigenvalue weighted by Crippen LogP contribution is 2.09. The molecule has 60 valence electrons. The van der Waals surface area contributed by atoms with Crippen molar-refractivity contribution in [1.29, 1.82) is 0 Å². The summed E-state index contributed by atoms with van der Waals surface area (Å²) in [4.78, 5) is 4.15. The van der Waals surface area contributed by atoms with Gasteiger partial charge >= 0.3 is 0 Å². The molecule has 0 unspecified atom stereocenters. The van der Waals surface area contributed by atoms with Crippen LogP contribution < -0.4 is 4.73 Å². The lowest BCUT2D eigenvalue weighted by Crippen LogP contribution is -2.30. The molecule has 0 spiro atoms. The molecule has 0 bridgehead atoms. The van der Waals surface area contributed by atoms with Gasteiger partial charge in [-0.1, -0.05) is 0 Å². The van der Waals surface area contributed by atoms with Gasteiger partial charge < -0.3 is 0 Å². The number of halogens is 1. The van der Waals surface area contributed by atoms with Crippen molar-refractivity contribution in [3.63, 3.8) is 0 Å². The second-order valence-electron chi connectivity index (χ2n) is 2.41. The van der Waals surface area contributed by atoms with Crippen LogP contribution in [0.5, 0.6) is 0 Å². The number of pyridine rings is 2. The van der Waals surface area contributed by atoms with Crippen LogP contribution in [0, 0.1) is 3.57 Å². The first-order valence-electron chi connectivity index (χ1n) is 3.42. The summed E-state index contributed by atoms with van der Waals surface area (Å²) in [7, 11) is 0. The Morgan fingerprint density at radius 3 is 3.17 bits per heavy atom. The number of rotatable bonds is 0. The van der Waals surface area contributed by atoms with Gasteiger partial charge in [-0.15, -0.1) is 0 Å². The normalized spacial score (nSPS) is 10.4. The molecule has 0 amide bonds. The summed E-state index contributed by atoms with van der Waals surface area (Å²) in [5, 5.41) is 9.37. The fourth-order valence-corrected chi connectivity index (χ4v) is 1.48. The monoisotopic (exact) mass is 273 g/mol. The molecule has 2 rings (SSSR count). The third-order valence-electron chi connectivity index (χ3n) is 1.59. The zero-order valence-electron chi connectivity index (χ0n) is 6.11. The van der Waals surface area contributed by atoms with E-state index in [0.717, 1.165) is 19.3 Å². The maximum atomic E-state index is 9.37. The Hall–Kier alpha value is -0.910. The Kier molecular flexibility index (Phi) is 1.84. The highest BCUT2D eigenvalue weighted by Gasteiger charge is 2.07. The van der Waals surface area contributed by atoms with E-state index < -0.39 is 0 Å². The Balaban J connectivity index is 2.88. The predicted molar refractivity (Wildman–Crippen MR) is 51.8 cm³/mol. The molecule has 0 aromatic carbocycles. The van der Waals surface area contributed by atoms with Crippen LogP contribution in [-0.4, -0.2) is 10.2 Å². The standard InChI is InChI=1S/C8H6IN2O/c9-6-4-8-7(10-5-6)2-1-3-11(8)12/h1-5,12H/q+1. The minimum Gasteiger partial charge on any atom is -0.284 e. The molecule has 2 aromatic heterocycles. The molecule has 0 aliphatic heterocycles. The van der Waals surface area contributed by atoms with Gasteiger partial charge in [-0.2, -0.15) is 0 Å².